The van der Waals surface area contributed by atoms with Crippen LogP contribution < -0.4 is 5.73 Å². The molecule has 2 rings (SSSR count). The molecule has 0 amide bonds. The van der Waals surface area contributed by atoms with Crippen LogP contribution in [-0.2, 0) is 19.1 Å². The number of hydrogen-bond donors (Lipinski definition) is 1. The van der Waals surface area contributed by atoms with E-state index < -0.39 is 11.7 Å². The van der Waals surface area contributed by atoms with Crippen molar-refractivity contribution in [3.8, 4) is 11.3 Å². The van der Waals surface area contributed by atoms with Crippen LogP contribution in [-0.4, -0.2) is 9.55 Å². The molecule has 0 aliphatic heterocycles. The van der Waals surface area contributed by atoms with Gasteiger partial charge in [-0.1, -0.05) is 26.0 Å². The highest BCUT2D eigenvalue weighted by atomic mass is 19.4. The van der Waals surface area contributed by atoms with Gasteiger partial charge >= 0.3 is 6.18 Å². The molecule has 114 valence electrons. The molecule has 0 saturated heterocycles. The zero-order chi connectivity index (χ0) is 15.6. The van der Waals surface area contributed by atoms with Crippen molar-refractivity contribution in [2.75, 3.05) is 5.73 Å². The first-order valence-electron chi connectivity index (χ1n) is 6.91. The van der Waals surface area contributed by atoms with Crippen molar-refractivity contribution >= 4 is 5.82 Å². The Hall–Kier alpha value is -1.98. The SMILES string of the molecule is CCCn1c(CC)nc(-c2ccc(C(F)(F)F)cc2)c1N. The summed E-state index contributed by atoms with van der Waals surface area (Å²) in [4.78, 5) is 4.47. The number of imidazole rings is 1. The first-order chi connectivity index (χ1) is 9.88. The summed E-state index contributed by atoms with van der Waals surface area (Å²) in [5, 5.41) is 0. The van der Waals surface area contributed by atoms with Gasteiger partial charge in [-0.05, 0) is 18.6 Å². The van der Waals surface area contributed by atoms with Crippen LogP contribution in [0.4, 0.5) is 19.0 Å². The Morgan fingerprint density at radius 2 is 1.76 bits per heavy atom. The molecule has 0 unspecified atom stereocenters. The predicted molar refractivity (Wildman–Crippen MR) is 76.7 cm³/mol. The maximum Gasteiger partial charge on any atom is 0.416 e. The molecule has 3 nitrogen and oxygen atoms in total. The fourth-order valence-corrected chi connectivity index (χ4v) is 2.29. The minimum absolute atomic E-state index is 0.508. The molecule has 6 heteroatoms. The molecule has 0 saturated carbocycles. The van der Waals surface area contributed by atoms with Gasteiger partial charge in [0, 0.05) is 18.5 Å². The second kappa shape index (κ2) is 5.79. The van der Waals surface area contributed by atoms with Crippen molar-refractivity contribution in [2.45, 2.75) is 39.4 Å². The van der Waals surface area contributed by atoms with Gasteiger partial charge in [-0.2, -0.15) is 13.2 Å². The molecular formula is C15H18F3N3. The van der Waals surface area contributed by atoms with Gasteiger partial charge in [-0.25, -0.2) is 4.98 Å². The lowest BCUT2D eigenvalue weighted by atomic mass is 10.1. The number of rotatable bonds is 4. The fourth-order valence-electron chi connectivity index (χ4n) is 2.29. The highest BCUT2D eigenvalue weighted by molar-refractivity contribution is 5.71. The van der Waals surface area contributed by atoms with E-state index in [0.29, 0.717) is 17.1 Å². The van der Waals surface area contributed by atoms with Gasteiger partial charge in [0.15, 0.2) is 0 Å². The van der Waals surface area contributed by atoms with Gasteiger partial charge in [0.05, 0.1) is 5.56 Å². The molecule has 21 heavy (non-hydrogen) atoms. The number of halogens is 3. The van der Waals surface area contributed by atoms with E-state index in [-0.39, 0.29) is 0 Å². The number of nitrogen functional groups attached to an aromatic ring is 1. The van der Waals surface area contributed by atoms with Gasteiger partial charge in [-0.15, -0.1) is 0 Å². The van der Waals surface area contributed by atoms with Crippen molar-refractivity contribution in [3.63, 3.8) is 0 Å². The maximum atomic E-state index is 12.6. The lowest BCUT2D eigenvalue weighted by molar-refractivity contribution is -0.137. The van der Waals surface area contributed by atoms with Crippen LogP contribution in [0.3, 0.4) is 0 Å². The lowest BCUT2D eigenvalue weighted by Gasteiger charge is -2.08. The molecule has 2 aromatic rings. The molecular weight excluding hydrogens is 279 g/mol. The van der Waals surface area contributed by atoms with E-state index in [2.05, 4.69) is 4.98 Å². The van der Waals surface area contributed by atoms with Crippen molar-refractivity contribution in [1.29, 1.82) is 0 Å². The van der Waals surface area contributed by atoms with E-state index in [1.54, 1.807) is 0 Å². The standard InChI is InChI=1S/C15H18F3N3/c1-3-9-21-12(4-2)20-13(14(21)19)10-5-7-11(8-6-10)15(16,17)18/h5-8H,3-4,9,19H2,1-2H3. The second-order valence-electron chi connectivity index (χ2n) is 4.84. The average Bonchev–Trinajstić information content (AvgIpc) is 2.76. The molecule has 2 N–H and O–H groups in total. The van der Waals surface area contributed by atoms with Crippen LogP contribution in [0.25, 0.3) is 11.3 Å². The number of anilines is 1. The third-order valence-corrected chi connectivity index (χ3v) is 3.33. The van der Waals surface area contributed by atoms with Crippen LogP contribution in [0.5, 0.6) is 0 Å². The number of nitrogens with zero attached hydrogens (tertiary/aromatic N) is 2. The Morgan fingerprint density at radius 1 is 1.14 bits per heavy atom. The maximum absolute atomic E-state index is 12.6. The van der Waals surface area contributed by atoms with Gasteiger partial charge in [-0.3, -0.25) is 0 Å². The summed E-state index contributed by atoms with van der Waals surface area (Å²) in [6.45, 7) is 4.77. The fraction of sp³-hybridized carbons (Fsp3) is 0.400. The number of aryl methyl sites for hydroxylation is 1. The summed E-state index contributed by atoms with van der Waals surface area (Å²) in [6, 6.07) is 4.94. The number of benzene rings is 1. The van der Waals surface area contributed by atoms with E-state index in [1.165, 1.54) is 12.1 Å². The zero-order valence-corrected chi connectivity index (χ0v) is 12.0. The van der Waals surface area contributed by atoms with Gasteiger partial charge in [0.1, 0.15) is 17.3 Å². The quantitative estimate of drug-likeness (QED) is 0.922. The van der Waals surface area contributed by atoms with E-state index in [0.717, 1.165) is 37.3 Å². The number of hydrogen-bond acceptors (Lipinski definition) is 2. The monoisotopic (exact) mass is 297 g/mol. The van der Waals surface area contributed by atoms with E-state index >= 15 is 0 Å². The summed E-state index contributed by atoms with van der Waals surface area (Å²) in [7, 11) is 0. The highest BCUT2D eigenvalue weighted by Gasteiger charge is 2.30. The first-order valence-corrected chi connectivity index (χ1v) is 6.91. The summed E-state index contributed by atoms with van der Waals surface area (Å²) in [5.74, 6) is 1.36. The van der Waals surface area contributed by atoms with Crippen molar-refractivity contribution in [1.82, 2.24) is 9.55 Å². The Bertz CT molecular complexity index is 612. The minimum atomic E-state index is -4.33. The van der Waals surface area contributed by atoms with Crippen LogP contribution >= 0.6 is 0 Å². The van der Waals surface area contributed by atoms with E-state index in [4.69, 9.17) is 5.73 Å². The van der Waals surface area contributed by atoms with Gasteiger partial charge < -0.3 is 10.3 Å². The molecule has 0 aliphatic carbocycles. The van der Waals surface area contributed by atoms with Crippen LogP contribution in [0, 0.1) is 0 Å². The molecule has 1 aromatic heterocycles. The third-order valence-electron chi connectivity index (χ3n) is 3.33. The summed E-state index contributed by atoms with van der Waals surface area (Å²) in [5.41, 5.74) is 6.58. The summed E-state index contributed by atoms with van der Waals surface area (Å²) < 4.78 is 39.7. The Morgan fingerprint density at radius 3 is 2.24 bits per heavy atom. The van der Waals surface area contributed by atoms with Crippen molar-refractivity contribution < 1.29 is 13.2 Å². The number of nitrogens with two attached hydrogens (primary N) is 1. The van der Waals surface area contributed by atoms with Crippen LogP contribution in [0.2, 0.25) is 0 Å². The Kier molecular flexibility index (Phi) is 4.25. The first kappa shape index (κ1) is 15.4. The normalized spacial score (nSPS) is 11.9. The summed E-state index contributed by atoms with van der Waals surface area (Å²) in [6.07, 6.45) is -2.69. The van der Waals surface area contributed by atoms with Crippen molar-refractivity contribution in [3.05, 3.63) is 35.7 Å². The summed E-state index contributed by atoms with van der Waals surface area (Å²) >= 11 is 0. The van der Waals surface area contributed by atoms with E-state index in [9.17, 15) is 13.2 Å². The number of alkyl halides is 3. The highest BCUT2D eigenvalue weighted by Crippen LogP contribution is 2.32. The molecule has 0 radical (unpaired) electrons. The molecule has 0 fully saturated rings. The Labute approximate surface area is 121 Å². The zero-order valence-electron chi connectivity index (χ0n) is 12.0. The molecule has 0 aliphatic rings. The van der Waals surface area contributed by atoms with Crippen LogP contribution in [0.1, 0.15) is 31.7 Å². The minimum Gasteiger partial charge on any atom is -0.383 e. The van der Waals surface area contributed by atoms with Gasteiger partial charge in [0.2, 0.25) is 0 Å². The van der Waals surface area contributed by atoms with E-state index in [1.807, 2.05) is 18.4 Å². The predicted octanol–water partition coefficient (Wildman–Crippen LogP) is 4.12. The van der Waals surface area contributed by atoms with Gasteiger partial charge in [0.25, 0.3) is 0 Å². The molecule has 1 aromatic carbocycles. The molecule has 0 bridgehead atoms. The van der Waals surface area contributed by atoms with Crippen molar-refractivity contribution in [2.24, 2.45) is 0 Å². The molecule has 1 heterocycles. The Balaban J connectivity index is 2.42. The third kappa shape index (κ3) is 3.04. The largest absolute Gasteiger partial charge is 0.416 e. The van der Waals surface area contributed by atoms with Crippen LogP contribution in [0.15, 0.2) is 24.3 Å². The lowest BCUT2D eigenvalue weighted by Crippen LogP contribution is -2.06. The molecule has 0 spiro atoms. The molecule has 0 atom stereocenters. The average molecular weight is 297 g/mol. The smallest absolute Gasteiger partial charge is 0.383 e. The topological polar surface area (TPSA) is 43.8 Å². The second-order valence-corrected chi connectivity index (χ2v) is 4.84. The number of aromatic nitrogens is 2.